The highest BCUT2D eigenvalue weighted by Gasteiger charge is 2.23. The summed E-state index contributed by atoms with van der Waals surface area (Å²) < 4.78 is 5.81. The van der Waals surface area contributed by atoms with Crippen molar-refractivity contribution < 1.29 is 9.84 Å². The fraction of sp³-hybridized carbons (Fsp3) is 0.667. The van der Waals surface area contributed by atoms with Crippen molar-refractivity contribution in [2.75, 3.05) is 19.7 Å². The third-order valence-electron chi connectivity index (χ3n) is 4.44. The van der Waals surface area contributed by atoms with Crippen molar-refractivity contribution in [3.8, 4) is 5.75 Å². The Labute approximate surface area is 128 Å². The summed E-state index contributed by atoms with van der Waals surface area (Å²) in [5.74, 6) is 0.889. The van der Waals surface area contributed by atoms with Gasteiger partial charge >= 0.3 is 0 Å². The molecule has 0 spiro atoms. The van der Waals surface area contributed by atoms with Crippen LogP contribution in [0, 0.1) is 13.8 Å². The number of aliphatic hydroxyl groups is 1. The van der Waals surface area contributed by atoms with Gasteiger partial charge in [-0.15, -0.1) is 0 Å². The van der Waals surface area contributed by atoms with Crippen LogP contribution in [0.2, 0.25) is 0 Å². The summed E-state index contributed by atoms with van der Waals surface area (Å²) in [5.41, 5.74) is 2.31. The molecule has 0 radical (unpaired) electrons. The highest BCUT2D eigenvalue weighted by molar-refractivity contribution is 5.35. The van der Waals surface area contributed by atoms with Crippen LogP contribution in [0.15, 0.2) is 18.2 Å². The normalized spacial score (nSPS) is 21.2. The average Bonchev–Trinajstić information content (AvgIpc) is 2.49. The molecule has 1 aliphatic rings. The molecule has 0 bridgehead atoms. The molecule has 3 nitrogen and oxygen atoms in total. The smallest absolute Gasteiger partial charge is 0.122 e. The van der Waals surface area contributed by atoms with Gasteiger partial charge in [0.2, 0.25) is 0 Å². The van der Waals surface area contributed by atoms with Gasteiger partial charge in [0.1, 0.15) is 18.5 Å². The number of nitrogens with zero attached hydrogens (tertiary/aromatic N) is 1. The fourth-order valence-electron chi connectivity index (χ4n) is 3.13. The van der Waals surface area contributed by atoms with E-state index in [0.717, 1.165) is 24.4 Å². The lowest BCUT2D eigenvalue weighted by molar-refractivity contribution is 0.0386. The number of aliphatic hydroxyl groups excluding tert-OH is 1. The Bertz CT molecular complexity index is 447. The molecule has 0 aliphatic carbocycles. The Kier molecular flexibility index (Phi) is 6.07. The first kappa shape index (κ1) is 16.3. The third kappa shape index (κ3) is 4.72. The number of hydrogen-bond acceptors (Lipinski definition) is 3. The zero-order chi connectivity index (χ0) is 15.2. The summed E-state index contributed by atoms with van der Waals surface area (Å²) in [6.45, 7) is 8.54. The van der Waals surface area contributed by atoms with Crippen molar-refractivity contribution in [3.63, 3.8) is 0 Å². The van der Waals surface area contributed by atoms with E-state index in [0.29, 0.717) is 12.6 Å². The van der Waals surface area contributed by atoms with Crippen molar-refractivity contribution in [2.24, 2.45) is 0 Å². The second kappa shape index (κ2) is 7.81. The van der Waals surface area contributed by atoms with Gasteiger partial charge in [-0.05, 0) is 56.8 Å². The molecule has 1 saturated heterocycles. The lowest BCUT2D eigenvalue weighted by Crippen LogP contribution is -2.44. The number of ether oxygens (including phenoxy) is 1. The van der Waals surface area contributed by atoms with E-state index in [4.69, 9.17) is 4.74 Å². The molecule has 3 heteroatoms. The molecule has 1 aromatic carbocycles. The Morgan fingerprint density at radius 1 is 1.33 bits per heavy atom. The van der Waals surface area contributed by atoms with Gasteiger partial charge in [-0.3, -0.25) is 4.90 Å². The Hall–Kier alpha value is -1.06. The summed E-state index contributed by atoms with van der Waals surface area (Å²) in [6.07, 6.45) is 4.59. The van der Waals surface area contributed by atoms with E-state index in [1.165, 1.54) is 31.2 Å². The zero-order valence-electron chi connectivity index (χ0n) is 13.6. The van der Waals surface area contributed by atoms with Crippen LogP contribution < -0.4 is 4.74 Å². The minimum absolute atomic E-state index is 0.372. The minimum Gasteiger partial charge on any atom is -0.491 e. The first-order valence-electron chi connectivity index (χ1n) is 8.22. The van der Waals surface area contributed by atoms with Crippen molar-refractivity contribution in [3.05, 3.63) is 29.3 Å². The fourth-order valence-corrected chi connectivity index (χ4v) is 3.13. The van der Waals surface area contributed by atoms with Crippen LogP contribution in [0.25, 0.3) is 0 Å². The predicted molar refractivity (Wildman–Crippen MR) is 86.9 cm³/mol. The summed E-state index contributed by atoms with van der Waals surface area (Å²) in [7, 11) is 0. The van der Waals surface area contributed by atoms with Gasteiger partial charge in [0.05, 0.1) is 0 Å². The van der Waals surface area contributed by atoms with E-state index in [1.807, 2.05) is 13.0 Å². The second-order valence-corrected chi connectivity index (χ2v) is 6.29. The van der Waals surface area contributed by atoms with E-state index in [1.54, 1.807) is 0 Å². The maximum absolute atomic E-state index is 10.3. The number of aryl methyl sites for hydroxylation is 2. The van der Waals surface area contributed by atoms with Gasteiger partial charge in [0, 0.05) is 12.6 Å². The zero-order valence-corrected chi connectivity index (χ0v) is 13.6. The molecule has 2 unspecified atom stereocenters. The first-order chi connectivity index (χ1) is 10.1. The highest BCUT2D eigenvalue weighted by Crippen LogP contribution is 2.21. The second-order valence-electron chi connectivity index (χ2n) is 6.29. The summed E-state index contributed by atoms with van der Waals surface area (Å²) >= 11 is 0. The van der Waals surface area contributed by atoms with Crippen LogP contribution in [-0.4, -0.2) is 41.8 Å². The number of piperidine rings is 1. The molecule has 2 atom stereocenters. The molecular formula is C18H29NO2. The molecule has 0 aromatic heterocycles. The summed E-state index contributed by atoms with van der Waals surface area (Å²) in [5, 5.41) is 10.3. The van der Waals surface area contributed by atoms with Crippen molar-refractivity contribution in [1.82, 2.24) is 4.90 Å². The molecule has 1 heterocycles. The quantitative estimate of drug-likeness (QED) is 0.873. The molecular weight excluding hydrogens is 262 g/mol. The van der Waals surface area contributed by atoms with Gasteiger partial charge in [-0.1, -0.05) is 25.5 Å². The molecule has 1 fully saturated rings. The number of likely N-dealkylation sites (tertiary alicyclic amines) is 1. The number of benzene rings is 1. The van der Waals surface area contributed by atoms with E-state index < -0.39 is 6.10 Å². The van der Waals surface area contributed by atoms with E-state index in [2.05, 4.69) is 30.9 Å². The molecule has 1 N–H and O–H groups in total. The van der Waals surface area contributed by atoms with Gasteiger partial charge in [0.15, 0.2) is 0 Å². The Morgan fingerprint density at radius 2 is 2.14 bits per heavy atom. The lowest BCUT2D eigenvalue weighted by atomic mass is 10.00. The number of rotatable bonds is 6. The lowest BCUT2D eigenvalue weighted by Gasteiger charge is -2.36. The molecule has 1 aliphatic heterocycles. The van der Waals surface area contributed by atoms with Crippen molar-refractivity contribution >= 4 is 0 Å². The largest absolute Gasteiger partial charge is 0.491 e. The Morgan fingerprint density at radius 3 is 2.90 bits per heavy atom. The molecule has 1 aromatic rings. The van der Waals surface area contributed by atoms with E-state index in [9.17, 15) is 5.11 Å². The molecule has 118 valence electrons. The Balaban J connectivity index is 1.84. The summed E-state index contributed by atoms with van der Waals surface area (Å²) in [4.78, 5) is 2.43. The third-order valence-corrected chi connectivity index (χ3v) is 4.44. The van der Waals surface area contributed by atoms with Crippen LogP contribution in [0.3, 0.4) is 0 Å². The topological polar surface area (TPSA) is 32.7 Å². The standard InChI is InChI=1S/C18H29NO2/c1-4-16-7-5-6-10-19(16)12-17(20)13-21-18-11-14(2)8-9-15(18)3/h8-9,11,16-17,20H,4-7,10,12-13H2,1-3H3. The maximum Gasteiger partial charge on any atom is 0.122 e. The molecule has 0 amide bonds. The average molecular weight is 291 g/mol. The van der Waals surface area contributed by atoms with E-state index in [-0.39, 0.29) is 0 Å². The van der Waals surface area contributed by atoms with Gasteiger partial charge < -0.3 is 9.84 Å². The van der Waals surface area contributed by atoms with Crippen LogP contribution >= 0.6 is 0 Å². The van der Waals surface area contributed by atoms with Crippen LogP contribution in [0.4, 0.5) is 0 Å². The van der Waals surface area contributed by atoms with Crippen molar-refractivity contribution in [1.29, 1.82) is 0 Å². The molecule has 21 heavy (non-hydrogen) atoms. The number of β-amino-alcohol motifs (C(OH)–C–C–N with tert-alkyl or cyclic N) is 1. The van der Waals surface area contributed by atoms with Gasteiger partial charge in [-0.2, -0.15) is 0 Å². The van der Waals surface area contributed by atoms with E-state index >= 15 is 0 Å². The predicted octanol–water partition coefficient (Wildman–Crippen LogP) is 3.31. The highest BCUT2D eigenvalue weighted by atomic mass is 16.5. The SMILES string of the molecule is CCC1CCCCN1CC(O)COc1cc(C)ccc1C. The van der Waals surface area contributed by atoms with Crippen LogP contribution in [0.1, 0.15) is 43.7 Å². The maximum atomic E-state index is 10.3. The van der Waals surface area contributed by atoms with Crippen molar-refractivity contribution in [2.45, 2.75) is 58.6 Å². The molecule has 2 rings (SSSR count). The van der Waals surface area contributed by atoms with Crippen LogP contribution in [0.5, 0.6) is 5.75 Å². The summed E-state index contributed by atoms with van der Waals surface area (Å²) in [6, 6.07) is 6.82. The van der Waals surface area contributed by atoms with Crippen LogP contribution in [-0.2, 0) is 0 Å². The molecule has 0 saturated carbocycles. The van der Waals surface area contributed by atoms with Gasteiger partial charge in [0.25, 0.3) is 0 Å². The van der Waals surface area contributed by atoms with Gasteiger partial charge in [-0.25, -0.2) is 0 Å². The monoisotopic (exact) mass is 291 g/mol. The first-order valence-corrected chi connectivity index (χ1v) is 8.22. The minimum atomic E-state index is -0.419. The number of hydrogen-bond donors (Lipinski definition) is 1.